The molecule has 0 saturated carbocycles. The lowest BCUT2D eigenvalue weighted by Gasteiger charge is -2.08. The van der Waals surface area contributed by atoms with Crippen LogP contribution in [0.1, 0.15) is 0 Å². The summed E-state index contributed by atoms with van der Waals surface area (Å²) in [5.41, 5.74) is -0.0513. The van der Waals surface area contributed by atoms with Gasteiger partial charge in [0.2, 0.25) is 9.84 Å². The molecule has 0 spiro atoms. The van der Waals surface area contributed by atoms with Crippen LogP contribution in [-0.2, 0) is 19.9 Å². The first-order valence-corrected chi connectivity index (χ1v) is 11.6. The Hall–Kier alpha value is -2.47. The van der Waals surface area contributed by atoms with E-state index in [2.05, 4.69) is 4.72 Å². The minimum absolute atomic E-state index is 0.0278. The number of hydrogen-bond acceptors (Lipinski definition) is 7. The zero-order chi connectivity index (χ0) is 20.5. The van der Waals surface area contributed by atoms with Gasteiger partial charge in [0.05, 0.1) is 19.1 Å². The highest BCUT2D eigenvalue weighted by Crippen LogP contribution is 2.28. The summed E-state index contributed by atoms with van der Waals surface area (Å²) in [5, 5.41) is 10.7. The summed E-state index contributed by atoms with van der Waals surface area (Å²) >= 11 is 6.64. The van der Waals surface area contributed by atoms with Crippen LogP contribution in [0.2, 0.25) is 4.34 Å². The van der Waals surface area contributed by atoms with Crippen LogP contribution >= 0.6 is 22.9 Å². The van der Waals surface area contributed by atoms with Gasteiger partial charge in [0.1, 0.15) is 4.21 Å². The van der Waals surface area contributed by atoms with Gasteiger partial charge in [-0.15, -0.1) is 11.3 Å². The van der Waals surface area contributed by atoms with E-state index in [0.29, 0.717) is 4.34 Å². The Kier molecular flexibility index (Phi) is 5.44. The maximum Gasteiger partial charge on any atom is 0.271 e. The van der Waals surface area contributed by atoms with Gasteiger partial charge in [0, 0.05) is 17.8 Å². The number of nitrogens with zero attached hydrogens (tertiary/aromatic N) is 1. The molecule has 1 heterocycles. The molecule has 1 N–H and O–H groups in total. The number of sulfone groups is 1. The van der Waals surface area contributed by atoms with E-state index in [1.54, 1.807) is 0 Å². The Morgan fingerprint density at radius 2 is 1.39 bits per heavy atom. The van der Waals surface area contributed by atoms with Gasteiger partial charge in [-0.1, -0.05) is 11.6 Å². The van der Waals surface area contributed by atoms with Gasteiger partial charge >= 0.3 is 0 Å². The second-order valence-corrected chi connectivity index (χ2v) is 11.0. The zero-order valence-corrected chi connectivity index (χ0v) is 17.0. The summed E-state index contributed by atoms with van der Waals surface area (Å²) in [6.07, 6.45) is 0. The lowest BCUT2D eigenvalue weighted by Crippen LogP contribution is -2.11. The van der Waals surface area contributed by atoms with Crippen LogP contribution in [0, 0.1) is 10.1 Å². The minimum Gasteiger partial charge on any atom is -0.279 e. The van der Waals surface area contributed by atoms with Crippen molar-refractivity contribution in [2.24, 2.45) is 0 Å². The molecule has 0 radical (unpaired) electrons. The van der Waals surface area contributed by atoms with E-state index in [1.165, 1.54) is 36.4 Å². The first-order chi connectivity index (χ1) is 13.1. The SMILES string of the molecule is O=[N+]([O-])c1ccc(S(=O)(=O)c2ccc(NS(=O)(=O)c3ccc(Cl)s3)cc2)cc1. The van der Waals surface area contributed by atoms with E-state index in [4.69, 9.17) is 11.6 Å². The summed E-state index contributed by atoms with van der Waals surface area (Å²) in [4.78, 5) is 9.86. The first kappa shape index (κ1) is 20.3. The van der Waals surface area contributed by atoms with E-state index in [0.717, 1.165) is 35.6 Å². The van der Waals surface area contributed by atoms with Crippen LogP contribution in [0.25, 0.3) is 0 Å². The Labute approximate surface area is 169 Å². The van der Waals surface area contributed by atoms with E-state index in [9.17, 15) is 26.9 Å². The molecule has 0 aliphatic heterocycles. The number of halogens is 1. The summed E-state index contributed by atoms with van der Waals surface area (Å²) in [6, 6.07) is 12.4. The molecule has 0 atom stereocenters. The topological polar surface area (TPSA) is 123 Å². The van der Waals surface area contributed by atoms with Gasteiger partial charge in [-0.2, -0.15) is 0 Å². The number of thiophene rings is 1. The fraction of sp³-hybridized carbons (Fsp3) is 0. The first-order valence-electron chi connectivity index (χ1n) is 7.47. The van der Waals surface area contributed by atoms with E-state index >= 15 is 0 Å². The van der Waals surface area contributed by atoms with Crippen LogP contribution in [-0.4, -0.2) is 21.8 Å². The molecule has 1 aromatic heterocycles. The lowest BCUT2D eigenvalue weighted by molar-refractivity contribution is -0.384. The molecule has 0 aliphatic carbocycles. The van der Waals surface area contributed by atoms with Gasteiger partial charge < -0.3 is 0 Å². The van der Waals surface area contributed by atoms with Crippen molar-refractivity contribution >= 4 is 54.2 Å². The lowest BCUT2D eigenvalue weighted by atomic mass is 10.3. The third-order valence-corrected chi connectivity index (χ3v) is 8.48. The number of non-ortho nitro benzene ring substituents is 1. The number of rotatable bonds is 6. The molecule has 28 heavy (non-hydrogen) atoms. The molecule has 3 rings (SSSR count). The summed E-state index contributed by atoms with van der Waals surface area (Å²) in [7, 11) is -7.74. The van der Waals surface area contributed by atoms with Crippen molar-refractivity contribution in [3.8, 4) is 0 Å². The standard InChI is InChI=1S/C16H11ClN2O6S3/c17-15-9-10-16(26-15)28(24,25)18-11-1-5-13(6-2-11)27(22,23)14-7-3-12(4-8-14)19(20)21/h1-10,18H. The van der Waals surface area contributed by atoms with E-state index in [1.807, 2.05) is 0 Å². The van der Waals surface area contributed by atoms with Crippen LogP contribution in [0.3, 0.4) is 0 Å². The third-order valence-electron chi connectivity index (χ3n) is 3.59. The number of hydrogen-bond donors (Lipinski definition) is 1. The van der Waals surface area contributed by atoms with Crippen molar-refractivity contribution in [1.82, 2.24) is 0 Å². The Bertz CT molecular complexity index is 1230. The van der Waals surface area contributed by atoms with Gasteiger partial charge in [-0.25, -0.2) is 16.8 Å². The molecule has 0 aliphatic rings. The number of nitro groups is 1. The highest BCUT2D eigenvalue weighted by atomic mass is 35.5. The van der Waals surface area contributed by atoms with Gasteiger partial charge in [0.25, 0.3) is 15.7 Å². The minimum atomic E-state index is -3.91. The van der Waals surface area contributed by atoms with Crippen molar-refractivity contribution in [2.75, 3.05) is 4.72 Å². The molecular formula is C16H11ClN2O6S3. The second kappa shape index (κ2) is 7.51. The van der Waals surface area contributed by atoms with Crippen molar-refractivity contribution in [3.05, 3.63) is 75.1 Å². The highest BCUT2D eigenvalue weighted by Gasteiger charge is 2.20. The third kappa shape index (κ3) is 4.17. The van der Waals surface area contributed by atoms with Gasteiger partial charge in [-0.3, -0.25) is 14.8 Å². The normalized spacial score (nSPS) is 11.9. The second-order valence-electron chi connectivity index (χ2n) is 5.44. The predicted molar refractivity (Wildman–Crippen MR) is 105 cm³/mol. The fourth-order valence-corrected chi connectivity index (χ4v) is 6.04. The van der Waals surface area contributed by atoms with Crippen LogP contribution in [0.15, 0.2) is 74.7 Å². The van der Waals surface area contributed by atoms with Gasteiger partial charge in [-0.05, 0) is 48.5 Å². The fourth-order valence-electron chi connectivity index (χ4n) is 2.23. The zero-order valence-electron chi connectivity index (χ0n) is 13.8. The van der Waals surface area contributed by atoms with Gasteiger partial charge in [0.15, 0.2) is 0 Å². The number of anilines is 1. The van der Waals surface area contributed by atoms with Crippen LogP contribution in [0.5, 0.6) is 0 Å². The maximum absolute atomic E-state index is 12.6. The Balaban J connectivity index is 1.84. The molecule has 12 heteroatoms. The van der Waals surface area contributed by atoms with Crippen molar-refractivity contribution < 1.29 is 21.8 Å². The summed E-state index contributed by atoms with van der Waals surface area (Å²) in [5.74, 6) is 0. The monoisotopic (exact) mass is 458 g/mol. The summed E-state index contributed by atoms with van der Waals surface area (Å²) in [6.45, 7) is 0. The molecule has 0 unspecified atom stereocenters. The van der Waals surface area contributed by atoms with Crippen molar-refractivity contribution in [1.29, 1.82) is 0 Å². The molecule has 0 bridgehead atoms. The number of nitro benzene ring substituents is 1. The van der Waals surface area contributed by atoms with Crippen LogP contribution in [0.4, 0.5) is 11.4 Å². The molecule has 3 aromatic rings. The maximum atomic E-state index is 12.6. The molecule has 146 valence electrons. The molecular weight excluding hydrogens is 448 g/mol. The number of sulfonamides is 1. The predicted octanol–water partition coefficient (Wildman–Crippen LogP) is 3.94. The average Bonchev–Trinajstić information content (AvgIpc) is 3.09. The Morgan fingerprint density at radius 1 is 0.857 bits per heavy atom. The molecule has 8 nitrogen and oxygen atoms in total. The molecule has 0 amide bonds. The highest BCUT2D eigenvalue weighted by molar-refractivity contribution is 7.94. The average molecular weight is 459 g/mol. The number of benzene rings is 2. The van der Waals surface area contributed by atoms with Crippen molar-refractivity contribution in [2.45, 2.75) is 14.0 Å². The Morgan fingerprint density at radius 3 is 1.86 bits per heavy atom. The quantitative estimate of drug-likeness (QED) is 0.440. The molecule has 0 saturated heterocycles. The van der Waals surface area contributed by atoms with Crippen molar-refractivity contribution in [3.63, 3.8) is 0 Å². The largest absolute Gasteiger partial charge is 0.279 e. The van der Waals surface area contributed by atoms with E-state index < -0.39 is 24.8 Å². The molecule has 0 fully saturated rings. The van der Waals surface area contributed by atoms with Crippen LogP contribution < -0.4 is 4.72 Å². The number of nitrogens with one attached hydrogen (secondary N) is 1. The van der Waals surface area contributed by atoms with E-state index in [-0.39, 0.29) is 25.4 Å². The summed E-state index contributed by atoms with van der Waals surface area (Å²) < 4.78 is 52.5. The smallest absolute Gasteiger partial charge is 0.271 e. The molecule has 2 aromatic carbocycles.